The molecule has 1 aromatic carbocycles. The molecule has 1 aromatic heterocycles. The van der Waals surface area contributed by atoms with Gasteiger partial charge in [-0.2, -0.15) is 0 Å². The molecule has 1 N–H and O–H groups in total. The highest BCUT2D eigenvalue weighted by atomic mass is 15.0. The SMILES string of the molecule is C=C(CNC(C)(C)C)Cn1cnc2cc(C)c(C)cc21. The van der Waals surface area contributed by atoms with Crippen LogP contribution in [0.4, 0.5) is 0 Å². The Labute approximate surface area is 121 Å². The van der Waals surface area contributed by atoms with Crippen molar-refractivity contribution in [2.45, 2.75) is 46.7 Å². The molecular weight excluding hydrogens is 246 g/mol. The monoisotopic (exact) mass is 271 g/mol. The Hall–Kier alpha value is -1.61. The molecule has 3 nitrogen and oxygen atoms in total. The van der Waals surface area contributed by atoms with Crippen molar-refractivity contribution in [2.75, 3.05) is 6.54 Å². The van der Waals surface area contributed by atoms with Crippen LogP contribution >= 0.6 is 0 Å². The molecule has 0 unspecified atom stereocenters. The smallest absolute Gasteiger partial charge is 0.0961 e. The van der Waals surface area contributed by atoms with Crippen molar-refractivity contribution in [1.82, 2.24) is 14.9 Å². The van der Waals surface area contributed by atoms with E-state index in [0.717, 1.165) is 24.2 Å². The van der Waals surface area contributed by atoms with Crippen LogP contribution in [0.3, 0.4) is 0 Å². The fourth-order valence-corrected chi connectivity index (χ4v) is 2.13. The molecular formula is C17H25N3. The van der Waals surface area contributed by atoms with Gasteiger partial charge >= 0.3 is 0 Å². The van der Waals surface area contributed by atoms with E-state index in [9.17, 15) is 0 Å². The van der Waals surface area contributed by atoms with Gasteiger partial charge in [0.05, 0.1) is 17.4 Å². The summed E-state index contributed by atoms with van der Waals surface area (Å²) in [5.74, 6) is 0. The zero-order valence-electron chi connectivity index (χ0n) is 13.2. The van der Waals surface area contributed by atoms with Crippen molar-refractivity contribution in [3.8, 4) is 0 Å². The molecule has 108 valence electrons. The van der Waals surface area contributed by atoms with Crippen LogP contribution in [-0.2, 0) is 6.54 Å². The third kappa shape index (κ3) is 3.48. The number of aryl methyl sites for hydroxylation is 2. The highest BCUT2D eigenvalue weighted by Crippen LogP contribution is 2.19. The molecule has 2 aromatic rings. The first-order valence-electron chi connectivity index (χ1n) is 7.10. The Morgan fingerprint density at radius 1 is 1.25 bits per heavy atom. The Bertz CT molecular complexity index is 629. The normalized spacial score (nSPS) is 12.1. The maximum atomic E-state index is 4.48. The van der Waals surface area contributed by atoms with E-state index >= 15 is 0 Å². The average molecular weight is 271 g/mol. The van der Waals surface area contributed by atoms with Crippen molar-refractivity contribution in [3.63, 3.8) is 0 Å². The summed E-state index contributed by atoms with van der Waals surface area (Å²) >= 11 is 0. The van der Waals surface area contributed by atoms with Crippen LogP contribution in [0.5, 0.6) is 0 Å². The molecule has 0 spiro atoms. The summed E-state index contributed by atoms with van der Waals surface area (Å²) in [6.45, 7) is 16.6. The Morgan fingerprint density at radius 2 is 1.90 bits per heavy atom. The largest absolute Gasteiger partial charge is 0.326 e. The second-order valence-electron chi connectivity index (χ2n) is 6.65. The molecule has 0 saturated heterocycles. The lowest BCUT2D eigenvalue weighted by Crippen LogP contribution is -2.37. The number of rotatable bonds is 4. The standard InChI is InChI=1S/C17H25N3/c1-12(9-19-17(4,5)6)10-20-11-18-15-7-13(2)14(3)8-16(15)20/h7-8,11,19H,1,9-10H2,2-6H3. The lowest BCUT2D eigenvalue weighted by molar-refractivity contribution is 0.440. The van der Waals surface area contributed by atoms with Gasteiger partial charge in [-0.3, -0.25) is 0 Å². The first kappa shape index (κ1) is 14.8. The third-order valence-corrected chi connectivity index (χ3v) is 3.50. The molecule has 2 rings (SSSR count). The van der Waals surface area contributed by atoms with E-state index in [-0.39, 0.29) is 5.54 Å². The minimum atomic E-state index is 0.119. The molecule has 0 aliphatic carbocycles. The van der Waals surface area contributed by atoms with Crippen LogP contribution in [0.25, 0.3) is 11.0 Å². The van der Waals surface area contributed by atoms with Gasteiger partial charge in [-0.1, -0.05) is 6.58 Å². The quantitative estimate of drug-likeness (QED) is 0.861. The minimum absolute atomic E-state index is 0.119. The molecule has 20 heavy (non-hydrogen) atoms. The number of nitrogens with zero attached hydrogens (tertiary/aromatic N) is 2. The van der Waals surface area contributed by atoms with Crippen molar-refractivity contribution in [1.29, 1.82) is 0 Å². The second kappa shape index (κ2) is 5.41. The topological polar surface area (TPSA) is 29.9 Å². The average Bonchev–Trinajstić information content (AvgIpc) is 2.69. The summed E-state index contributed by atoms with van der Waals surface area (Å²) in [5, 5.41) is 3.47. The zero-order valence-corrected chi connectivity index (χ0v) is 13.2. The van der Waals surface area contributed by atoms with Gasteiger partial charge in [0.25, 0.3) is 0 Å². The Morgan fingerprint density at radius 3 is 2.55 bits per heavy atom. The number of imidazole rings is 1. The first-order valence-corrected chi connectivity index (χ1v) is 7.10. The van der Waals surface area contributed by atoms with Crippen LogP contribution in [0.2, 0.25) is 0 Å². The van der Waals surface area contributed by atoms with E-state index in [4.69, 9.17) is 0 Å². The summed E-state index contributed by atoms with van der Waals surface area (Å²) in [6, 6.07) is 4.36. The molecule has 0 amide bonds. The minimum Gasteiger partial charge on any atom is -0.326 e. The van der Waals surface area contributed by atoms with Crippen LogP contribution < -0.4 is 5.32 Å². The first-order chi connectivity index (χ1) is 9.26. The number of hydrogen-bond donors (Lipinski definition) is 1. The Kier molecular flexibility index (Phi) is 4.00. The van der Waals surface area contributed by atoms with Crippen LogP contribution in [0.15, 0.2) is 30.6 Å². The lowest BCUT2D eigenvalue weighted by atomic mass is 10.1. The van der Waals surface area contributed by atoms with Gasteiger partial charge in [0, 0.05) is 18.6 Å². The van der Waals surface area contributed by atoms with E-state index in [0.29, 0.717) is 0 Å². The van der Waals surface area contributed by atoms with Gasteiger partial charge in [-0.15, -0.1) is 0 Å². The zero-order chi connectivity index (χ0) is 14.9. The predicted octanol–water partition coefficient (Wildman–Crippen LogP) is 3.60. The van der Waals surface area contributed by atoms with Crippen LogP contribution in [0.1, 0.15) is 31.9 Å². The maximum absolute atomic E-state index is 4.48. The van der Waals surface area contributed by atoms with Gasteiger partial charge in [-0.05, 0) is 63.5 Å². The van der Waals surface area contributed by atoms with E-state index in [1.807, 2.05) is 6.33 Å². The van der Waals surface area contributed by atoms with E-state index in [2.05, 4.69) is 68.2 Å². The molecule has 0 bridgehead atoms. The van der Waals surface area contributed by atoms with Crippen LogP contribution in [-0.4, -0.2) is 21.6 Å². The van der Waals surface area contributed by atoms with Crippen molar-refractivity contribution < 1.29 is 0 Å². The number of aromatic nitrogens is 2. The summed E-state index contributed by atoms with van der Waals surface area (Å²) in [4.78, 5) is 4.48. The number of hydrogen-bond acceptors (Lipinski definition) is 2. The van der Waals surface area contributed by atoms with Crippen LogP contribution in [0, 0.1) is 13.8 Å². The molecule has 0 radical (unpaired) electrons. The molecule has 0 atom stereocenters. The highest BCUT2D eigenvalue weighted by Gasteiger charge is 2.10. The highest BCUT2D eigenvalue weighted by molar-refractivity contribution is 5.77. The molecule has 1 heterocycles. The number of nitrogens with one attached hydrogen (secondary N) is 1. The van der Waals surface area contributed by atoms with Crippen molar-refractivity contribution in [2.24, 2.45) is 0 Å². The molecule has 0 aliphatic rings. The summed E-state index contributed by atoms with van der Waals surface area (Å²) in [5.41, 5.74) is 6.12. The fourth-order valence-electron chi connectivity index (χ4n) is 2.13. The molecule has 0 saturated carbocycles. The van der Waals surface area contributed by atoms with Crippen molar-refractivity contribution in [3.05, 3.63) is 41.7 Å². The number of benzene rings is 1. The number of fused-ring (bicyclic) bond motifs is 1. The van der Waals surface area contributed by atoms with E-state index in [1.165, 1.54) is 16.6 Å². The second-order valence-corrected chi connectivity index (χ2v) is 6.65. The van der Waals surface area contributed by atoms with Gasteiger partial charge in [0.1, 0.15) is 0 Å². The Balaban J connectivity index is 2.14. The summed E-state index contributed by atoms with van der Waals surface area (Å²) in [6.07, 6.45) is 1.91. The molecule has 0 fully saturated rings. The molecule has 0 aliphatic heterocycles. The van der Waals surface area contributed by atoms with E-state index in [1.54, 1.807) is 0 Å². The lowest BCUT2D eigenvalue weighted by Gasteiger charge is -2.21. The fraction of sp³-hybridized carbons (Fsp3) is 0.471. The summed E-state index contributed by atoms with van der Waals surface area (Å²) < 4.78 is 2.18. The van der Waals surface area contributed by atoms with Gasteiger partial charge in [0.2, 0.25) is 0 Å². The third-order valence-electron chi connectivity index (χ3n) is 3.50. The summed E-state index contributed by atoms with van der Waals surface area (Å²) in [7, 11) is 0. The maximum Gasteiger partial charge on any atom is 0.0961 e. The van der Waals surface area contributed by atoms with Gasteiger partial charge in [-0.25, -0.2) is 4.98 Å². The van der Waals surface area contributed by atoms with Gasteiger partial charge in [0.15, 0.2) is 0 Å². The molecule has 3 heteroatoms. The predicted molar refractivity (Wildman–Crippen MR) is 86.1 cm³/mol. The van der Waals surface area contributed by atoms with E-state index < -0.39 is 0 Å². The van der Waals surface area contributed by atoms with Gasteiger partial charge < -0.3 is 9.88 Å². The van der Waals surface area contributed by atoms with Crippen molar-refractivity contribution >= 4 is 11.0 Å².